The van der Waals surface area contributed by atoms with Crippen molar-refractivity contribution < 1.29 is 19.4 Å². The van der Waals surface area contributed by atoms with E-state index in [1.165, 1.54) is 7.11 Å². The fourth-order valence-corrected chi connectivity index (χ4v) is 2.29. The van der Waals surface area contributed by atoms with Gasteiger partial charge in [-0.15, -0.1) is 0 Å². The lowest BCUT2D eigenvalue weighted by molar-refractivity contribution is -0.142. The Morgan fingerprint density at radius 3 is 2.52 bits per heavy atom. The summed E-state index contributed by atoms with van der Waals surface area (Å²) in [5.41, 5.74) is 2.69. The van der Waals surface area contributed by atoms with Gasteiger partial charge in [-0.1, -0.05) is 0 Å². The molecular weight excluding hydrogens is 270 g/mol. The summed E-state index contributed by atoms with van der Waals surface area (Å²) in [6.07, 6.45) is -0.677. The van der Waals surface area contributed by atoms with Gasteiger partial charge in [-0.25, -0.2) is 0 Å². The maximum absolute atomic E-state index is 11.4. The predicted molar refractivity (Wildman–Crippen MR) is 81.5 cm³/mol. The number of nitrogens with one attached hydrogen (secondary N) is 1. The van der Waals surface area contributed by atoms with Crippen molar-refractivity contribution in [3.63, 3.8) is 0 Å². The van der Waals surface area contributed by atoms with Crippen LogP contribution in [0.25, 0.3) is 0 Å². The molecule has 2 atom stereocenters. The first-order valence-electron chi connectivity index (χ1n) is 7.10. The van der Waals surface area contributed by atoms with Gasteiger partial charge in [0.1, 0.15) is 5.75 Å². The molecule has 0 aliphatic carbocycles. The highest BCUT2D eigenvalue weighted by molar-refractivity contribution is 5.70. The lowest BCUT2D eigenvalue weighted by atomic mass is 9.94. The van der Waals surface area contributed by atoms with Gasteiger partial charge in [-0.05, 0) is 56.6 Å². The van der Waals surface area contributed by atoms with Gasteiger partial charge in [0.25, 0.3) is 0 Å². The molecular formula is C16H25NO4. The Balaban J connectivity index is 3.02. The quantitative estimate of drug-likeness (QED) is 0.752. The van der Waals surface area contributed by atoms with Crippen molar-refractivity contribution >= 4 is 5.97 Å². The average Bonchev–Trinajstić information content (AvgIpc) is 2.47. The van der Waals surface area contributed by atoms with E-state index < -0.39 is 12.1 Å². The fourth-order valence-electron chi connectivity index (χ4n) is 2.29. The van der Waals surface area contributed by atoms with Crippen molar-refractivity contribution in [2.75, 3.05) is 20.8 Å². The smallest absolute Gasteiger partial charge is 0.307 e. The topological polar surface area (TPSA) is 67.8 Å². The van der Waals surface area contributed by atoms with Crippen LogP contribution in [0.1, 0.15) is 36.1 Å². The molecule has 0 spiro atoms. The SMILES string of the molecule is CCOc1cc(C)c(C(O)C(CC(=O)OC)NC)cc1C. The Hall–Kier alpha value is -1.59. The standard InChI is InChI=1S/C16H25NO4/c1-6-21-14-8-10(2)12(7-11(14)3)16(19)13(17-4)9-15(18)20-5/h7-8,13,16-17,19H,6,9H2,1-5H3. The van der Waals surface area contributed by atoms with Crippen molar-refractivity contribution in [2.45, 2.75) is 39.3 Å². The van der Waals surface area contributed by atoms with Crippen LogP contribution in [0.15, 0.2) is 12.1 Å². The number of carbonyl (C=O) groups excluding carboxylic acids is 1. The van der Waals surface area contributed by atoms with E-state index in [1.54, 1.807) is 7.05 Å². The monoisotopic (exact) mass is 295 g/mol. The van der Waals surface area contributed by atoms with E-state index in [9.17, 15) is 9.90 Å². The molecule has 2 N–H and O–H groups in total. The maximum atomic E-state index is 11.4. The number of hydrogen-bond donors (Lipinski definition) is 2. The van der Waals surface area contributed by atoms with E-state index in [0.717, 1.165) is 22.4 Å². The van der Waals surface area contributed by atoms with Gasteiger partial charge < -0.3 is 19.9 Å². The molecule has 5 nitrogen and oxygen atoms in total. The summed E-state index contributed by atoms with van der Waals surface area (Å²) in [4.78, 5) is 11.4. The molecule has 118 valence electrons. The lowest BCUT2D eigenvalue weighted by Crippen LogP contribution is -2.35. The summed E-state index contributed by atoms with van der Waals surface area (Å²) >= 11 is 0. The van der Waals surface area contributed by atoms with E-state index in [2.05, 4.69) is 10.1 Å². The summed E-state index contributed by atoms with van der Waals surface area (Å²) in [6.45, 7) is 6.40. The van der Waals surface area contributed by atoms with Gasteiger partial charge in [0, 0.05) is 6.04 Å². The van der Waals surface area contributed by atoms with Crippen LogP contribution in [-0.2, 0) is 9.53 Å². The molecule has 1 aromatic rings. The van der Waals surface area contributed by atoms with E-state index in [4.69, 9.17) is 4.74 Å². The largest absolute Gasteiger partial charge is 0.494 e. The van der Waals surface area contributed by atoms with E-state index in [-0.39, 0.29) is 12.4 Å². The molecule has 0 aliphatic rings. The molecule has 0 aromatic heterocycles. The molecule has 0 radical (unpaired) electrons. The van der Waals surface area contributed by atoms with Crippen molar-refractivity contribution in [1.29, 1.82) is 0 Å². The van der Waals surface area contributed by atoms with E-state index >= 15 is 0 Å². The number of aliphatic hydroxyl groups is 1. The molecule has 1 aromatic carbocycles. The molecule has 21 heavy (non-hydrogen) atoms. The van der Waals surface area contributed by atoms with Crippen molar-refractivity contribution in [1.82, 2.24) is 5.32 Å². The zero-order valence-electron chi connectivity index (χ0n) is 13.4. The minimum atomic E-state index is -0.788. The third-order valence-electron chi connectivity index (χ3n) is 3.55. The lowest BCUT2D eigenvalue weighted by Gasteiger charge is -2.24. The number of benzene rings is 1. The van der Waals surface area contributed by atoms with Crippen LogP contribution in [0.5, 0.6) is 5.75 Å². The number of methoxy groups -OCH3 is 1. The minimum absolute atomic E-state index is 0.111. The predicted octanol–water partition coefficient (Wildman–Crippen LogP) is 1.89. The molecule has 5 heteroatoms. The second kappa shape index (κ2) is 8.00. The van der Waals surface area contributed by atoms with Crippen LogP contribution in [0.3, 0.4) is 0 Å². The second-order valence-corrected chi connectivity index (χ2v) is 5.03. The number of likely N-dealkylation sites (N-methyl/N-ethyl adjacent to an activating group) is 1. The molecule has 0 fully saturated rings. The molecule has 0 bridgehead atoms. The zero-order valence-corrected chi connectivity index (χ0v) is 13.4. The van der Waals surface area contributed by atoms with Crippen molar-refractivity contribution in [3.05, 3.63) is 28.8 Å². The van der Waals surface area contributed by atoms with Gasteiger partial charge in [0.15, 0.2) is 0 Å². The summed E-state index contributed by atoms with van der Waals surface area (Å²) in [7, 11) is 3.06. The van der Waals surface area contributed by atoms with Crippen LogP contribution >= 0.6 is 0 Å². The third-order valence-corrected chi connectivity index (χ3v) is 3.55. The number of rotatable bonds is 7. The van der Waals surface area contributed by atoms with Gasteiger partial charge in [-0.2, -0.15) is 0 Å². The highest BCUT2D eigenvalue weighted by atomic mass is 16.5. The van der Waals surface area contributed by atoms with Crippen LogP contribution in [-0.4, -0.2) is 37.9 Å². The summed E-state index contributed by atoms with van der Waals surface area (Å²) in [5, 5.41) is 13.5. The van der Waals surface area contributed by atoms with Gasteiger partial charge in [0.2, 0.25) is 0 Å². The molecule has 0 saturated carbocycles. The highest BCUT2D eigenvalue weighted by Crippen LogP contribution is 2.29. The first-order valence-corrected chi connectivity index (χ1v) is 7.10. The Morgan fingerprint density at radius 1 is 1.33 bits per heavy atom. The number of hydrogen-bond acceptors (Lipinski definition) is 5. The van der Waals surface area contributed by atoms with Crippen LogP contribution in [0.2, 0.25) is 0 Å². The number of carbonyl (C=O) groups is 1. The average molecular weight is 295 g/mol. The molecule has 1 rings (SSSR count). The van der Waals surface area contributed by atoms with Crippen LogP contribution < -0.4 is 10.1 Å². The molecule has 0 aliphatic heterocycles. The second-order valence-electron chi connectivity index (χ2n) is 5.03. The van der Waals surface area contributed by atoms with E-state index in [0.29, 0.717) is 6.61 Å². The molecule has 0 amide bonds. The van der Waals surface area contributed by atoms with Gasteiger partial charge in [0.05, 0.1) is 26.2 Å². The van der Waals surface area contributed by atoms with Crippen molar-refractivity contribution in [3.8, 4) is 5.75 Å². The maximum Gasteiger partial charge on any atom is 0.307 e. The molecule has 2 unspecified atom stereocenters. The Kier molecular flexibility index (Phi) is 6.65. The summed E-state index contributed by atoms with van der Waals surface area (Å²) in [5.74, 6) is 0.466. The number of esters is 1. The van der Waals surface area contributed by atoms with Crippen LogP contribution in [0, 0.1) is 13.8 Å². The van der Waals surface area contributed by atoms with Crippen molar-refractivity contribution in [2.24, 2.45) is 0 Å². The van der Waals surface area contributed by atoms with Crippen LogP contribution in [0.4, 0.5) is 0 Å². The first-order chi connectivity index (χ1) is 9.94. The Morgan fingerprint density at radius 2 is 2.00 bits per heavy atom. The third kappa shape index (κ3) is 4.44. The number of ether oxygens (including phenoxy) is 2. The Labute approximate surface area is 126 Å². The number of aryl methyl sites for hydroxylation is 2. The highest BCUT2D eigenvalue weighted by Gasteiger charge is 2.24. The zero-order chi connectivity index (χ0) is 16.0. The number of aliphatic hydroxyl groups excluding tert-OH is 1. The normalized spacial score (nSPS) is 13.6. The summed E-state index contributed by atoms with van der Waals surface area (Å²) < 4.78 is 10.2. The molecule has 0 saturated heterocycles. The first kappa shape index (κ1) is 17.5. The van der Waals surface area contributed by atoms with Gasteiger partial charge >= 0.3 is 5.97 Å². The Bertz CT molecular complexity index is 487. The molecule has 0 heterocycles. The van der Waals surface area contributed by atoms with E-state index in [1.807, 2.05) is 32.9 Å². The van der Waals surface area contributed by atoms with Gasteiger partial charge in [-0.3, -0.25) is 4.79 Å². The fraction of sp³-hybridized carbons (Fsp3) is 0.562. The minimum Gasteiger partial charge on any atom is -0.494 e. The summed E-state index contributed by atoms with van der Waals surface area (Å²) in [6, 6.07) is 3.43.